The number of nitrogens with one attached hydrogen (secondary N) is 2. The standard InChI is InChI=1S/C15H10Cl3N3O2S/c1-19-14(22)20-8-5-9(17)13(10(18)6-8)23-15-21-11-4-7(16)2-3-12(11)24-15/h2-6H,1H3,(H2,19,20,22). The quantitative estimate of drug-likeness (QED) is 0.582. The molecule has 0 radical (unpaired) electrons. The van der Waals surface area contributed by atoms with Crippen LogP contribution in [-0.2, 0) is 0 Å². The maximum atomic E-state index is 11.3. The van der Waals surface area contributed by atoms with Crippen molar-refractivity contribution in [2.75, 3.05) is 12.4 Å². The minimum atomic E-state index is -0.376. The molecule has 1 aromatic heterocycles. The Balaban J connectivity index is 1.89. The molecule has 5 nitrogen and oxygen atoms in total. The fourth-order valence-corrected chi connectivity index (χ4v) is 3.47. The first kappa shape index (κ1) is 17.1. The van der Waals surface area contributed by atoms with Crippen LogP contribution in [0.3, 0.4) is 0 Å². The summed E-state index contributed by atoms with van der Waals surface area (Å²) >= 11 is 19.7. The summed E-state index contributed by atoms with van der Waals surface area (Å²) in [5.41, 5.74) is 1.18. The highest BCUT2D eigenvalue weighted by Crippen LogP contribution is 2.41. The highest BCUT2D eigenvalue weighted by molar-refractivity contribution is 7.20. The Kier molecular flexibility index (Phi) is 5.01. The molecule has 2 aromatic carbocycles. The van der Waals surface area contributed by atoms with E-state index >= 15 is 0 Å². The molecule has 3 aromatic rings. The van der Waals surface area contributed by atoms with Crippen molar-refractivity contribution in [3.63, 3.8) is 0 Å². The van der Waals surface area contributed by atoms with Gasteiger partial charge in [-0.2, -0.15) is 0 Å². The maximum Gasteiger partial charge on any atom is 0.318 e. The van der Waals surface area contributed by atoms with Gasteiger partial charge in [-0.05, 0) is 30.3 Å². The Morgan fingerprint density at radius 3 is 2.54 bits per heavy atom. The van der Waals surface area contributed by atoms with E-state index in [1.807, 2.05) is 6.07 Å². The molecule has 0 atom stereocenters. The largest absolute Gasteiger partial charge is 0.428 e. The first-order valence-corrected chi connectivity index (χ1v) is 8.63. The second kappa shape index (κ2) is 7.03. The number of hydrogen-bond acceptors (Lipinski definition) is 4. The van der Waals surface area contributed by atoms with E-state index in [2.05, 4.69) is 15.6 Å². The molecule has 0 spiro atoms. The highest BCUT2D eigenvalue weighted by Gasteiger charge is 2.14. The van der Waals surface area contributed by atoms with Crippen molar-refractivity contribution in [1.82, 2.24) is 10.3 Å². The van der Waals surface area contributed by atoms with Gasteiger partial charge in [-0.15, -0.1) is 0 Å². The van der Waals surface area contributed by atoms with Gasteiger partial charge < -0.3 is 15.4 Å². The number of aromatic nitrogens is 1. The third-order valence-corrected chi connectivity index (χ3v) is 4.71. The number of hydrogen-bond donors (Lipinski definition) is 2. The summed E-state index contributed by atoms with van der Waals surface area (Å²) in [6, 6.07) is 8.11. The van der Waals surface area contributed by atoms with E-state index in [4.69, 9.17) is 39.5 Å². The monoisotopic (exact) mass is 401 g/mol. The van der Waals surface area contributed by atoms with Crippen LogP contribution in [0.2, 0.25) is 15.1 Å². The highest BCUT2D eigenvalue weighted by atomic mass is 35.5. The van der Waals surface area contributed by atoms with E-state index in [0.29, 0.717) is 15.9 Å². The summed E-state index contributed by atoms with van der Waals surface area (Å²) in [7, 11) is 1.51. The van der Waals surface area contributed by atoms with Crippen LogP contribution in [0.5, 0.6) is 10.9 Å². The van der Waals surface area contributed by atoms with Gasteiger partial charge >= 0.3 is 6.03 Å². The van der Waals surface area contributed by atoms with Crippen LogP contribution in [0.15, 0.2) is 30.3 Å². The summed E-state index contributed by atoms with van der Waals surface area (Å²) in [6.45, 7) is 0. The van der Waals surface area contributed by atoms with Crippen molar-refractivity contribution in [2.24, 2.45) is 0 Å². The number of halogens is 3. The number of ether oxygens (including phenoxy) is 1. The van der Waals surface area contributed by atoms with E-state index < -0.39 is 0 Å². The van der Waals surface area contributed by atoms with Crippen molar-refractivity contribution in [1.29, 1.82) is 0 Å². The molecule has 0 saturated carbocycles. The van der Waals surface area contributed by atoms with Crippen molar-refractivity contribution in [3.05, 3.63) is 45.4 Å². The second-order valence-corrected chi connectivity index (χ2v) is 6.91. The zero-order chi connectivity index (χ0) is 17.3. The number of urea groups is 1. The SMILES string of the molecule is CNC(=O)Nc1cc(Cl)c(Oc2nc3cc(Cl)ccc3s2)c(Cl)c1. The molecule has 1 heterocycles. The lowest BCUT2D eigenvalue weighted by molar-refractivity contribution is 0.254. The molecular weight excluding hydrogens is 393 g/mol. The van der Waals surface area contributed by atoms with E-state index in [9.17, 15) is 4.79 Å². The molecule has 24 heavy (non-hydrogen) atoms. The number of fused-ring (bicyclic) bond motifs is 1. The lowest BCUT2D eigenvalue weighted by Crippen LogP contribution is -2.24. The Bertz CT molecular complexity index is 906. The van der Waals surface area contributed by atoms with Crippen LogP contribution >= 0.6 is 46.1 Å². The van der Waals surface area contributed by atoms with E-state index in [1.54, 1.807) is 24.3 Å². The number of carbonyl (C=O) groups is 1. The minimum absolute atomic E-state index is 0.256. The van der Waals surface area contributed by atoms with Gasteiger partial charge in [0.2, 0.25) is 0 Å². The van der Waals surface area contributed by atoms with E-state index in [0.717, 1.165) is 10.2 Å². The van der Waals surface area contributed by atoms with Gasteiger partial charge in [0.15, 0.2) is 5.75 Å². The van der Waals surface area contributed by atoms with E-state index in [1.165, 1.54) is 18.4 Å². The zero-order valence-corrected chi connectivity index (χ0v) is 15.3. The van der Waals surface area contributed by atoms with Crippen molar-refractivity contribution >= 4 is 68.1 Å². The van der Waals surface area contributed by atoms with Crippen LogP contribution in [0, 0.1) is 0 Å². The lowest BCUT2D eigenvalue weighted by Gasteiger charge is -2.10. The Labute approximate surface area is 156 Å². The molecule has 0 fully saturated rings. The van der Waals surface area contributed by atoms with Gasteiger partial charge in [0.05, 0.1) is 20.3 Å². The van der Waals surface area contributed by atoms with Crippen molar-refractivity contribution < 1.29 is 9.53 Å². The first-order chi connectivity index (χ1) is 11.5. The van der Waals surface area contributed by atoms with Crippen molar-refractivity contribution in [2.45, 2.75) is 0 Å². The van der Waals surface area contributed by atoms with Gasteiger partial charge in [-0.1, -0.05) is 46.1 Å². The summed E-state index contributed by atoms with van der Waals surface area (Å²) in [5.74, 6) is 0.269. The predicted molar refractivity (Wildman–Crippen MR) is 99.2 cm³/mol. The number of thiazole rings is 1. The van der Waals surface area contributed by atoms with Crippen LogP contribution in [0.4, 0.5) is 10.5 Å². The first-order valence-electron chi connectivity index (χ1n) is 6.68. The molecule has 2 amide bonds. The van der Waals surface area contributed by atoms with Crippen LogP contribution in [-0.4, -0.2) is 18.1 Å². The fourth-order valence-electron chi connectivity index (χ4n) is 1.93. The lowest BCUT2D eigenvalue weighted by atomic mass is 10.3. The third kappa shape index (κ3) is 3.67. The number of anilines is 1. The molecule has 0 aliphatic rings. The molecule has 124 valence electrons. The maximum absolute atomic E-state index is 11.3. The average Bonchev–Trinajstić information content (AvgIpc) is 2.92. The summed E-state index contributed by atoms with van der Waals surface area (Å²) in [5, 5.41) is 6.53. The van der Waals surface area contributed by atoms with Crippen LogP contribution in [0.1, 0.15) is 0 Å². The van der Waals surface area contributed by atoms with Gasteiger partial charge in [0.1, 0.15) is 0 Å². The number of carbonyl (C=O) groups excluding carboxylic acids is 1. The second-order valence-electron chi connectivity index (χ2n) is 4.67. The molecule has 0 saturated heterocycles. The molecule has 0 bridgehead atoms. The number of benzene rings is 2. The molecular formula is C15H10Cl3N3O2S. The molecule has 3 rings (SSSR count). The molecule has 0 aliphatic heterocycles. The summed E-state index contributed by atoms with van der Waals surface area (Å²) < 4.78 is 6.65. The Morgan fingerprint density at radius 2 is 1.88 bits per heavy atom. The topological polar surface area (TPSA) is 63.2 Å². The smallest absolute Gasteiger partial charge is 0.318 e. The molecule has 0 unspecified atom stereocenters. The van der Waals surface area contributed by atoms with Crippen LogP contribution in [0.25, 0.3) is 10.2 Å². The molecule has 9 heteroatoms. The van der Waals surface area contributed by atoms with Crippen molar-refractivity contribution in [3.8, 4) is 10.9 Å². The summed E-state index contributed by atoms with van der Waals surface area (Å²) in [6.07, 6.45) is 0. The number of amides is 2. The number of nitrogens with zero attached hydrogens (tertiary/aromatic N) is 1. The molecule has 2 N–H and O–H groups in total. The fraction of sp³-hybridized carbons (Fsp3) is 0.0667. The average molecular weight is 403 g/mol. The van der Waals surface area contributed by atoms with E-state index in [-0.39, 0.29) is 21.8 Å². The predicted octanol–water partition coefficient (Wildman–Crippen LogP) is 5.80. The zero-order valence-electron chi connectivity index (χ0n) is 12.2. The minimum Gasteiger partial charge on any atom is -0.428 e. The summed E-state index contributed by atoms with van der Waals surface area (Å²) in [4.78, 5) is 15.7. The molecule has 0 aliphatic carbocycles. The number of rotatable bonds is 3. The van der Waals surface area contributed by atoms with Gasteiger partial charge in [-0.3, -0.25) is 0 Å². The normalized spacial score (nSPS) is 10.7. The Hall–Kier alpha value is -1.73. The van der Waals surface area contributed by atoms with Gasteiger partial charge in [0, 0.05) is 17.8 Å². The Morgan fingerprint density at radius 1 is 1.17 bits per heavy atom. The van der Waals surface area contributed by atoms with Gasteiger partial charge in [-0.25, -0.2) is 9.78 Å². The third-order valence-electron chi connectivity index (χ3n) is 3.00. The van der Waals surface area contributed by atoms with Gasteiger partial charge in [0.25, 0.3) is 5.19 Å². The van der Waals surface area contributed by atoms with Crippen LogP contribution < -0.4 is 15.4 Å².